The van der Waals surface area contributed by atoms with Gasteiger partial charge in [-0.25, -0.2) is 4.68 Å². The van der Waals surface area contributed by atoms with Crippen molar-refractivity contribution in [2.24, 2.45) is 0 Å². The molecule has 1 unspecified atom stereocenters. The first-order valence-electron chi connectivity index (χ1n) is 8.59. The maximum Gasteiger partial charge on any atom is 0.240 e. The Morgan fingerprint density at radius 1 is 1.04 bits per heavy atom. The Balaban J connectivity index is 1.64. The molecule has 6 nitrogen and oxygen atoms in total. The first-order valence-corrected chi connectivity index (χ1v) is 8.97. The molecule has 1 aromatic heterocycles. The van der Waals surface area contributed by atoms with E-state index in [0.29, 0.717) is 17.4 Å². The van der Waals surface area contributed by atoms with Gasteiger partial charge in [0.2, 0.25) is 11.8 Å². The number of hydrogen-bond acceptors (Lipinski definition) is 3. The highest BCUT2D eigenvalue weighted by molar-refractivity contribution is 6.30. The molecule has 2 amide bonds. The predicted octanol–water partition coefficient (Wildman–Crippen LogP) is 3.17. The van der Waals surface area contributed by atoms with E-state index in [1.807, 2.05) is 48.5 Å². The number of nitrogens with one attached hydrogen (secondary N) is 2. The molecule has 7 heteroatoms. The van der Waals surface area contributed by atoms with Gasteiger partial charge in [0, 0.05) is 22.7 Å². The third-order valence-corrected chi connectivity index (χ3v) is 5.50. The minimum atomic E-state index is -1.04. The van der Waals surface area contributed by atoms with Crippen LogP contribution in [0.15, 0.2) is 54.7 Å². The number of carbonyl (C=O) groups excluding carboxylic acids is 2. The Bertz CT molecular complexity index is 1090. The summed E-state index contributed by atoms with van der Waals surface area (Å²) in [6.45, 7) is 0.464. The van der Waals surface area contributed by atoms with E-state index in [1.54, 1.807) is 10.9 Å². The van der Waals surface area contributed by atoms with Gasteiger partial charge in [-0.3, -0.25) is 9.59 Å². The molecule has 0 saturated carbocycles. The summed E-state index contributed by atoms with van der Waals surface area (Å²) in [5.74, 6) is 0.172. The molecule has 2 aliphatic heterocycles. The van der Waals surface area contributed by atoms with Gasteiger partial charge in [-0.1, -0.05) is 41.9 Å². The Hall–Kier alpha value is -3.12. The van der Waals surface area contributed by atoms with Crippen LogP contribution in [0.4, 0.5) is 11.5 Å². The van der Waals surface area contributed by atoms with Crippen LogP contribution in [0.2, 0.25) is 5.02 Å². The standard InChI is InChI=1S/C20H15ClN4O2/c21-13-7-5-12(6-8-13)11-25-18-15(10-22-25)20(9-17(26)24-18)14-3-1-2-4-16(14)23-19(20)27/h1-8,10H,9,11H2,(H,23,27)(H,24,26). The first kappa shape index (κ1) is 16.1. The third kappa shape index (κ3) is 2.30. The Kier molecular flexibility index (Phi) is 3.39. The molecule has 0 radical (unpaired) electrons. The number of nitrogens with zero attached hydrogens (tertiary/aromatic N) is 2. The van der Waals surface area contributed by atoms with Gasteiger partial charge in [0.1, 0.15) is 11.2 Å². The molecule has 0 saturated heterocycles. The van der Waals surface area contributed by atoms with Crippen LogP contribution in [0, 0.1) is 0 Å². The molecule has 0 fully saturated rings. The van der Waals surface area contributed by atoms with Gasteiger partial charge < -0.3 is 10.6 Å². The lowest BCUT2D eigenvalue weighted by Gasteiger charge is -2.31. The number of rotatable bonds is 2. The van der Waals surface area contributed by atoms with Gasteiger partial charge in [-0.15, -0.1) is 0 Å². The number of amides is 2. The second-order valence-electron chi connectivity index (χ2n) is 6.82. The lowest BCUT2D eigenvalue weighted by atomic mass is 9.72. The summed E-state index contributed by atoms with van der Waals surface area (Å²) in [6.07, 6.45) is 1.75. The van der Waals surface area contributed by atoms with Crippen molar-refractivity contribution < 1.29 is 9.59 Å². The van der Waals surface area contributed by atoms with Crippen LogP contribution >= 0.6 is 11.6 Å². The number of aromatic nitrogens is 2. The molecular formula is C20H15ClN4O2. The van der Waals surface area contributed by atoms with Crippen molar-refractivity contribution in [2.75, 3.05) is 10.6 Å². The van der Waals surface area contributed by atoms with E-state index >= 15 is 0 Å². The number of hydrogen-bond donors (Lipinski definition) is 2. The molecule has 0 aliphatic carbocycles. The van der Waals surface area contributed by atoms with E-state index in [-0.39, 0.29) is 18.2 Å². The summed E-state index contributed by atoms with van der Waals surface area (Å²) in [4.78, 5) is 25.5. The Labute approximate surface area is 160 Å². The number of anilines is 2. The summed E-state index contributed by atoms with van der Waals surface area (Å²) in [7, 11) is 0. The monoisotopic (exact) mass is 378 g/mol. The largest absolute Gasteiger partial charge is 0.325 e. The third-order valence-electron chi connectivity index (χ3n) is 5.25. The highest BCUT2D eigenvalue weighted by Crippen LogP contribution is 2.49. The molecular weight excluding hydrogens is 364 g/mol. The normalized spacial score (nSPS) is 20.2. The average Bonchev–Trinajstić information content (AvgIpc) is 3.17. The molecule has 2 aromatic carbocycles. The second kappa shape index (κ2) is 5.69. The topological polar surface area (TPSA) is 76.0 Å². The predicted molar refractivity (Wildman–Crippen MR) is 102 cm³/mol. The van der Waals surface area contributed by atoms with E-state index in [1.165, 1.54) is 0 Å². The summed E-state index contributed by atoms with van der Waals surface area (Å²) < 4.78 is 1.71. The summed E-state index contributed by atoms with van der Waals surface area (Å²) in [5.41, 5.74) is 2.24. The molecule has 3 heterocycles. The highest BCUT2D eigenvalue weighted by atomic mass is 35.5. The summed E-state index contributed by atoms with van der Waals surface area (Å²) >= 11 is 5.95. The molecule has 2 N–H and O–H groups in total. The molecule has 2 aliphatic rings. The van der Waals surface area contributed by atoms with Gasteiger partial charge in [-0.2, -0.15) is 5.10 Å². The average molecular weight is 379 g/mol. The summed E-state index contributed by atoms with van der Waals surface area (Å²) in [5, 5.41) is 10.9. The van der Waals surface area contributed by atoms with E-state index in [0.717, 1.165) is 22.4 Å². The van der Waals surface area contributed by atoms with Crippen molar-refractivity contribution in [3.63, 3.8) is 0 Å². The highest BCUT2D eigenvalue weighted by Gasteiger charge is 2.54. The zero-order chi connectivity index (χ0) is 18.6. The van der Waals surface area contributed by atoms with E-state index in [2.05, 4.69) is 15.7 Å². The van der Waals surface area contributed by atoms with Crippen LogP contribution in [0.5, 0.6) is 0 Å². The van der Waals surface area contributed by atoms with Crippen molar-refractivity contribution in [1.29, 1.82) is 0 Å². The van der Waals surface area contributed by atoms with Crippen molar-refractivity contribution in [2.45, 2.75) is 18.4 Å². The molecule has 5 rings (SSSR count). The van der Waals surface area contributed by atoms with Crippen LogP contribution in [0.3, 0.4) is 0 Å². The maximum absolute atomic E-state index is 13.0. The van der Waals surface area contributed by atoms with Gasteiger partial charge in [-0.05, 0) is 29.3 Å². The molecule has 134 valence electrons. The molecule has 1 atom stereocenters. The fourth-order valence-electron chi connectivity index (χ4n) is 3.98. The second-order valence-corrected chi connectivity index (χ2v) is 7.26. The van der Waals surface area contributed by atoms with Crippen molar-refractivity contribution in [1.82, 2.24) is 9.78 Å². The quantitative estimate of drug-likeness (QED) is 0.719. The number of halogens is 1. The summed E-state index contributed by atoms with van der Waals surface area (Å²) in [6, 6.07) is 14.9. The number of para-hydroxylation sites is 1. The van der Waals surface area contributed by atoms with Crippen LogP contribution < -0.4 is 10.6 Å². The van der Waals surface area contributed by atoms with Crippen LogP contribution in [0.1, 0.15) is 23.1 Å². The lowest BCUT2D eigenvalue weighted by molar-refractivity contribution is -0.125. The van der Waals surface area contributed by atoms with Crippen molar-refractivity contribution in [3.05, 3.63) is 76.4 Å². The van der Waals surface area contributed by atoms with Crippen LogP contribution in [-0.4, -0.2) is 21.6 Å². The number of fused-ring (bicyclic) bond motifs is 4. The van der Waals surface area contributed by atoms with Gasteiger partial charge in [0.05, 0.1) is 12.7 Å². The van der Waals surface area contributed by atoms with Gasteiger partial charge >= 0.3 is 0 Å². The SMILES string of the molecule is O=C1CC2(C(=O)Nc3ccccc32)c2cnn(Cc3ccc(Cl)cc3)c2N1. The zero-order valence-electron chi connectivity index (χ0n) is 14.2. The molecule has 3 aromatic rings. The van der Waals surface area contributed by atoms with Crippen LogP contribution in [0.25, 0.3) is 0 Å². The zero-order valence-corrected chi connectivity index (χ0v) is 15.0. The van der Waals surface area contributed by atoms with Crippen molar-refractivity contribution >= 4 is 34.9 Å². The van der Waals surface area contributed by atoms with E-state index in [9.17, 15) is 9.59 Å². The van der Waals surface area contributed by atoms with E-state index < -0.39 is 5.41 Å². The first-order chi connectivity index (χ1) is 13.1. The Morgan fingerprint density at radius 3 is 2.63 bits per heavy atom. The maximum atomic E-state index is 13.0. The Morgan fingerprint density at radius 2 is 1.81 bits per heavy atom. The number of benzene rings is 2. The number of carbonyl (C=O) groups is 2. The minimum absolute atomic E-state index is 0.0650. The molecule has 27 heavy (non-hydrogen) atoms. The van der Waals surface area contributed by atoms with Gasteiger partial charge in [0.25, 0.3) is 0 Å². The minimum Gasteiger partial charge on any atom is -0.325 e. The fourth-order valence-corrected chi connectivity index (χ4v) is 4.11. The fraction of sp³-hybridized carbons (Fsp3) is 0.150. The smallest absolute Gasteiger partial charge is 0.240 e. The molecule has 1 spiro atoms. The molecule has 0 bridgehead atoms. The van der Waals surface area contributed by atoms with Crippen LogP contribution in [-0.2, 0) is 21.5 Å². The van der Waals surface area contributed by atoms with E-state index in [4.69, 9.17) is 11.6 Å². The van der Waals surface area contributed by atoms with Gasteiger partial charge in [0.15, 0.2) is 0 Å². The van der Waals surface area contributed by atoms with Crippen molar-refractivity contribution in [3.8, 4) is 0 Å². The lowest BCUT2D eigenvalue weighted by Crippen LogP contribution is -2.43.